The molecular weight excluding hydrogens is 368 g/mol. The van der Waals surface area contributed by atoms with Gasteiger partial charge in [0.15, 0.2) is 6.61 Å². The number of nitrogens with zero attached hydrogens (tertiary/aromatic N) is 1. The number of carbonyl (C=O) groups excluding carboxylic acids is 1. The van der Waals surface area contributed by atoms with E-state index in [1.165, 1.54) is 0 Å². The van der Waals surface area contributed by atoms with Crippen LogP contribution < -0.4 is 14.8 Å². The Morgan fingerprint density at radius 3 is 2.52 bits per heavy atom. The Balaban J connectivity index is 1.60. The van der Waals surface area contributed by atoms with Crippen molar-refractivity contribution in [2.24, 2.45) is 0 Å². The number of rotatable bonds is 13. The lowest BCUT2D eigenvalue weighted by atomic mass is 10.1. The molecule has 2 aromatic carbocycles. The summed E-state index contributed by atoms with van der Waals surface area (Å²) in [6.07, 6.45) is 1.94. The predicted molar refractivity (Wildman–Crippen MR) is 114 cm³/mol. The van der Waals surface area contributed by atoms with Crippen molar-refractivity contribution >= 4 is 5.91 Å². The van der Waals surface area contributed by atoms with Gasteiger partial charge in [-0.25, -0.2) is 0 Å². The third-order valence-corrected chi connectivity index (χ3v) is 4.27. The molecule has 0 saturated heterocycles. The van der Waals surface area contributed by atoms with Crippen LogP contribution in [0.4, 0.5) is 0 Å². The number of amides is 1. The van der Waals surface area contributed by atoms with E-state index in [9.17, 15) is 9.90 Å². The molecule has 0 radical (unpaired) electrons. The molecule has 2 N–H and O–H groups in total. The summed E-state index contributed by atoms with van der Waals surface area (Å²) in [5.74, 6) is 1.33. The highest BCUT2D eigenvalue weighted by molar-refractivity contribution is 5.77. The van der Waals surface area contributed by atoms with Gasteiger partial charge in [0.1, 0.15) is 24.2 Å². The highest BCUT2D eigenvalue weighted by atomic mass is 16.5. The molecule has 6 heteroatoms. The minimum atomic E-state index is -0.567. The average Bonchev–Trinajstić information content (AvgIpc) is 2.75. The standard InChI is InChI=1S/C23H30N2O4/c1-3-15-25(2)23(27)18-29-22-11-9-19(10-12-22)13-14-24-16-20(26)17-28-21-7-5-4-6-8-21/h3-12,20,24,26H,1,13-18H2,2H3. The van der Waals surface area contributed by atoms with Crippen molar-refractivity contribution < 1.29 is 19.4 Å². The van der Waals surface area contributed by atoms with Crippen molar-refractivity contribution in [3.8, 4) is 11.5 Å². The second-order valence-corrected chi connectivity index (χ2v) is 6.73. The third-order valence-electron chi connectivity index (χ3n) is 4.27. The highest BCUT2D eigenvalue weighted by Gasteiger charge is 2.08. The van der Waals surface area contributed by atoms with E-state index in [0.717, 1.165) is 24.3 Å². The molecule has 6 nitrogen and oxygen atoms in total. The SMILES string of the molecule is C=CCN(C)C(=O)COc1ccc(CCNCC(O)COc2ccccc2)cc1. The molecule has 0 aliphatic rings. The Hall–Kier alpha value is -2.83. The molecule has 0 fully saturated rings. The highest BCUT2D eigenvalue weighted by Crippen LogP contribution is 2.12. The van der Waals surface area contributed by atoms with Crippen molar-refractivity contribution in [2.45, 2.75) is 12.5 Å². The van der Waals surface area contributed by atoms with Gasteiger partial charge in [-0.05, 0) is 42.8 Å². The molecule has 29 heavy (non-hydrogen) atoms. The van der Waals surface area contributed by atoms with Gasteiger partial charge < -0.3 is 24.8 Å². The summed E-state index contributed by atoms with van der Waals surface area (Å²) in [6.45, 7) is 5.59. The quantitative estimate of drug-likeness (QED) is 0.400. The maximum Gasteiger partial charge on any atom is 0.260 e. The summed E-state index contributed by atoms with van der Waals surface area (Å²) in [7, 11) is 1.72. The van der Waals surface area contributed by atoms with E-state index < -0.39 is 6.10 Å². The van der Waals surface area contributed by atoms with E-state index in [-0.39, 0.29) is 19.1 Å². The maximum absolute atomic E-state index is 11.8. The van der Waals surface area contributed by atoms with E-state index >= 15 is 0 Å². The molecule has 0 aliphatic heterocycles. The molecule has 156 valence electrons. The van der Waals surface area contributed by atoms with Crippen LogP contribution in [-0.4, -0.2) is 61.9 Å². The zero-order chi connectivity index (χ0) is 20.9. The molecular formula is C23H30N2O4. The number of para-hydroxylation sites is 1. The van der Waals surface area contributed by atoms with Crippen molar-refractivity contribution in [1.82, 2.24) is 10.2 Å². The van der Waals surface area contributed by atoms with Crippen molar-refractivity contribution in [1.29, 1.82) is 0 Å². The van der Waals surface area contributed by atoms with Crippen LogP contribution in [0.15, 0.2) is 67.3 Å². The number of hydrogen-bond acceptors (Lipinski definition) is 5. The van der Waals surface area contributed by atoms with Gasteiger partial charge in [-0.1, -0.05) is 36.4 Å². The normalized spacial score (nSPS) is 11.5. The van der Waals surface area contributed by atoms with Gasteiger partial charge in [-0.3, -0.25) is 4.79 Å². The molecule has 1 unspecified atom stereocenters. The van der Waals surface area contributed by atoms with Crippen LogP contribution >= 0.6 is 0 Å². The van der Waals surface area contributed by atoms with Crippen LogP contribution in [0.2, 0.25) is 0 Å². The number of ether oxygens (including phenoxy) is 2. The number of hydrogen-bond donors (Lipinski definition) is 2. The fourth-order valence-corrected chi connectivity index (χ4v) is 2.57. The van der Waals surface area contributed by atoms with E-state index in [4.69, 9.17) is 9.47 Å². The number of likely N-dealkylation sites (N-methyl/N-ethyl adjacent to an activating group) is 1. The van der Waals surface area contributed by atoms with Gasteiger partial charge in [-0.2, -0.15) is 0 Å². The number of carbonyl (C=O) groups is 1. The lowest BCUT2D eigenvalue weighted by molar-refractivity contribution is -0.131. The molecule has 2 rings (SSSR count). The van der Waals surface area contributed by atoms with Crippen LogP contribution in [-0.2, 0) is 11.2 Å². The molecule has 2 aromatic rings. The summed E-state index contributed by atoms with van der Waals surface area (Å²) in [6, 6.07) is 17.1. The van der Waals surface area contributed by atoms with Gasteiger partial charge in [-0.15, -0.1) is 6.58 Å². The Morgan fingerprint density at radius 2 is 1.83 bits per heavy atom. The number of aliphatic hydroxyl groups excluding tert-OH is 1. The van der Waals surface area contributed by atoms with E-state index in [2.05, 4.69) is 11.9 Å². The second kappa shape index (κ2) is 12.6. The molecule has 0 bridgehead atoms. The lowest BCUT2D eigenvalue weighted by Crippen LogP contribution is -2.32. The third kappa shape index (κ3) is 8.81. The minimum absolute atomic E-state index is 0.00812. The van der Waals surface area contributed by atoms with Crippen molar-refractivity contribution in [3.05, 3.63) is 72.8 Å². The summed E-state index contributed by atoms with van der Waals surface area (Å²) in [4.78, 5) is 13.4. The number of nitrogens with one attached hydrogen (secondary N) is 1. The summed E-state index contributed by atoms with van der Waals surface area (Å²) in [5.41, 5.74) is 1.15. The van der Waals surface area contributed by atoms with Gasteiger partial charge in [0.05, 0.1) is 0 Å². The maximum atomic E-state index is 11.8. The second-order valence-electron chi connectivity index (χ2n) is 6.73. The Labute approximate surface area is 172 Å². The number of benzene rings is 2. The van der Waals surface area contributed by atoms with Crippen molar-refractivity contribution in [3.63, 3.8) is 0 Å². The topological polar surface area (TPSA) is 71.0 Å². The monoisotopic (exact) mass is 398 g/mol. The van der Waals surface area contributed by atoms with E-state index in [0.29, 0.717) is 18.8 Å². The molecule has 0 saturated carbocycles. The van der Waals surface area contributed by atoms with E-state index in [1.54, 1.807) is 18.0 Å². The molecule has 1 atom stereocenters. The van der Waals surface area contributed by atoms with Crippen LogP contribution in [0.5, 0.6) is 11.5 Å². The molecule has 0 aliphatic carbocycles. The Kier molecular flexibility index (Phi) is 9.75. The zero-order valence-electron chi connectivity index (χ0n) is 16.9. The smallest absolute Gasteiger partial charge is 0.260 e. The van der Waals surface area contributed by atoms with Crippen molar-refractivity contribution in [2.75, 3.05) is 39.9 Å². The van der Waals surface area contributed by atoms with Gasteiger partial charge in [0.2, 0.25) is 0 Å². The summed E-state index contributed by atoms with van der Waals surface area (Å²) >= 11 is 0. The average molecular weight is 399 g/mol. The van der Waals surface area contributed by atoms with Crippen LogP contribution in [0.25, 0.3) is 0 Å². The van der Waals surface area contributed by atoms with Gasteiger partial charge in [0.25, 0.3) is 5.91 Å². The predicted octanol–water partition coefficient (Wildman–Crippen LogP) is 2.28. The van der Waals surface area contributed by atoms with Gasteiger partial charge in [0, 0.05) is 20.1 Å². The summed E-state index contributed by atoms with van der Waals surface area (Å²) < 4.78 is 11.1. The Bertz CT molecular complexity index is 734. The molecule has 0 aromatic heterocycles. The van der Waals surface area contributed by atoms with Crippen LogP contribution in [0, 0.1) is 0 Å². The fraction of sp³-hybridized carbons (Fsp3) is 0.348. The number of aliphatic hydroxyl groups is 1. The zero-order valence-corrected chi connectivity index (χ0v) is 16.9. The van der Waals surface area contributed by atoms with Crippen LogP contribution in [0.3, 0.4) is 0 Å². The minimum Gasteiger partial charge on any atom is -0.491 e. The lowest BCUT2D eigenvalue weighted by Gasteiger charge is -2.15. The first kappa shape index (κ1) is 22.5. The van der Waals surface area contributed by atoms with Gasteiger partial charge >= 0.3 is 0 Å². The first-order valence-electron chi connectivity index (χ1n) is 9.71. The fourth-order valence-electron chi connectivity index (χ4n) is 2.57. The molecule has 1 amide bonds. The van der Waals surface area contributed by atoms with E-state index in [1.807, 2.05) is 54.6 Å². The largest absolute Gasteiger partial charge is 0.491 e. The molecule has 0 spiro atoms. The first-order valence-corrected chi connectivity index (χ1v) is 9.71. The Morgan fingerprint density at radius 1 is 1.14 bits per heavy atom. The van der Waals surface area contributed by atoms with Crippen LogP contribution in [0.1, 0.15) is 5.56 Å². The first-order chi connectivity index (χ1) is 14.1. The molecule has 0 heterocycles. The summed E-state index contributed by atoms with van der Waals surface area (Å²) in [5, 5.41) is 13.2.